The van der Waals surface area contributed by atoms with E-state index in [-0.39, 0.29) is 12.3 Å². The molecule has 22 heavy (non-hydrogen) atoms. The maximum atomic E-state index is 11.9. The molecule has 1 unspecified atom stereocenters. The van der Waals surface area contributed by atoms with Crippen LogP contribution in [0.3, 0.4) is 0 Å². The van der Waals surface area contributed by atoms with Gasteiger partial charge in [0.1, 0.15) is 0 Å². The molecule has 1 heterocycles. The Labute approximate surface area is 130 Å². The van der Waals surface area contributed by atoms with Crippen LogP contribution in [-0.4, -0.2) is 22.6 Å². The van der Waals surface area contributed by atoms with E-state index in [9.17, 15) is 9.90 Å². The number of pyridine rings is 1. The van der Waals surface area contributed by atoms with Crippen molar-refractivity contribution in [2.45, 2.75) is 26.0 Å². The van der Waals surface area contributed by atoms with Crippen molar-refractivity contribution in [3.63, 3.8) is 0 Å². The smallest absolute Gasteiger partial charge is 0.223 e. The van der Waals surface area contributed by atoms with Gasteiger partial charge in [-0.25, -0.2) is 4.98 Å². The molecule has 0 fully saturated rings. The second kappa shape index (κ2) is 8.14. The average molecular weight is 300 g/mol. The van der Waals surface area contributed by atoms with Crippen LogP contribution in [0.15, 0.2) is 48.7 Å². The van der Waals surface area contributed by atoms with Gasteiger partial charge in [0.25, 0.3) is 0 Å². The van der Waals surface area contributed by atoms with E-state index < -0.39 is 6.10 Å². The van der Waals surface area contributed by atoms with Crippen LogP contribution < -0.4 is 10.1 Å². The number of carbonyl (C=O) groups excluding carboxylic acids is 1. The lowest BCUT2D eigenvalue weighted by Crippen LogP contribution is -2.25. The number of benzene rings is 1. The summed E-state index contributed by atoms with van der Waals surface area (Å²) < 4.78 is 5.41. The molecule has 2 N–H and O–H groups in total. The van der Waals surface area contributed by atoms with Crippen LogP contribution in [0.4, 0.5) is 0 Å². The van der Waals surface area contributed by atoms with Gasteiger partial charge in [-0.05, 0) is 18.6 Å². The van der Waals surface area contributed by atoms with E-state index in [4.69, 9.17) is 4.74 Å². The van der Waals surface area contributed by atoms with Crippen molar-refractivity contribution in [1.29, 1.82) is 0 Å². The lowest BCUT2D eigenvalue weighted by molar-refractivity contribution is -0.123. The summed E-state index contributed by atoms with van der Waals surface area (Å²) >= 11 is 0. The molecular formula is C17H20N2O3. The van der Waals surface area contributed by atoms with Gasteiger partial charge in [0.05, 0.1) is 19.1 Å². The van der Waals surface area contributed by atoms with Gasteiger partial charge in [0.2, 0.25) is 11.8 Å². The number of aliphatic hydroxyl groups excluding tert-OH is 1. The van der Waals surface area contributed by atoms with Crippen LogP contribution in [0.2, 0.25) is 0 Å². The number of aromatic nitrogens is 1. The highest BCUT2D eigenvalue weighted by Gasteiger charge is 2.13. The average Bonchev–Trinajstić information content (AvgIpc) is 2.55. The van der Waals surface area contributed by atoms with Gasteiger partial charge in [-0.2, -0.15) is 0 Å². The van der Waals surface area contributed by atoms with E-state index in [1.807, 2.05) is 31.2 Å². The predicted octanol–water partition coefficient (Wildman–Crippen LogP) is 2.22. The minimum Gasteiger partial charge on any atom is -0.478 e. The van der Waals surface area contributed by atoms with Crippen LogP contribution in [0, 0.1) is 0 Å². The minimum absolute atomic E-state index is 0.0221. The third kappa shape index (κ3) is 4.56. The number of carbonyl (C=O) groups is 1. The first-order valence-electron chi connectivity index (χ1n) is 7.27. The number of hydrogen-bond donors (Lipinski definition) is 2. The Hall–Kier alpha value is -2.40. The highest BCUT2D eigenvalue weighted by Crippen LogP contribution is 2.17. The molecule has 0 spiro atoms. The van der Waals surface area contributed by atoms with Crippen LogP contribution >= 0.6 is 0 Å². The highest BCUT2D eigenvalue weighted by molar-refractivity contribution is 5.76. The summed E-state index contributed by atoms with van der Waals surface area (Å²) in [4.78, 5) is 16.1. The zero-order valence-electron chi connectivity index (χ0n) is 12.5. The molecule has 0 saturated carbocycles. The summed E-state index contributed by atoms with van der Waals surface area (Å²) in [5, 5.41) is 12.8. The van der Waals surface area contributed by atoms with Crippen LogP contribution in [0.1, 0.15) is 30.6 Å². The van der Waals surface area contributed by atoms with Gasteiger partial charge >= 0.3 is 0 Å². The third-order valence-electron chi connectivity index (χ3n) is 3.17. The fourth-order valence-corrected chi connectivity index (χ4v) is 2.06. The van der Waals surface area contributed by atoms with Crippen molar-refractivity contribution in [3.8, 4) is 5.88 Å². The maximum Gasteiger partial charge on any atom is 0.223 e. The Kier molecular flexibility index (Phi) is 5.91. The highest BCUT2D eigenvalue weighted by atomic mass is 16.5. The molecule has 2 rings (SSSR count). The fourth-order valence-electron chi connectivity index (χ4n) is 2.06. The number of nitrogens with zero attached hydrogens (tertiary/aromatic N) is 1. The molecule has 5 heteroatoms. The Morgan fingerprint density at radius 3 is 2.77 bits per heavy atom. The SMILES string of the molecule is CCOc1ncccc1CNC(=O)CC(O)c1ccccc1. The zero-order chi connectivity index (χ0) is 15.8. The molecule has 0 aliphatic rings. The first-order valence-corrected chi connectivity index (χ1v) is 7.27. The van der Waals surface area contributed by atoms with E-state index in [2.05, 4.69) is 10.3 Å². The van der Waals surface area contributed by atoms with Crippen molar-refractivity contribution in [1.82, 2.24) is 10.3 Å². The predicted molar refractivity (Wildman–Crippen MR) is 83.3 cm³/mol. The Morgan fingerprint density at radius 1 is 1.27 bits per heavy atom. The summed E-state index contributed by atoms with van der Waals surface area (Å²) in [6.07, 6.45) is 0.866. The van der Waals surface area contributed by atoms with Crippen LogP contribution in [0.25, 0.3) is 0 Å². The Balaban J connectivity index is 1.88. The number of nitrogens with one attached hydrogen (secondary N) is 1. The summed E-state index contributed by atoms with van der Waals surface area (Å²) in [7, 11) is 0. The van der Waals surface area contributed by atoms with E-state index in [1.54, 1.807) is 24.4 Å². The third-order valence-corrected chi connectivity index (χ3v) is 3.17. The van der Waals surface area contributed by atoms with Crippen molar-refractivity contribution in [2.75, 3.05) is 6.61 Å². The monoisotopic (exact) mass is 300 g/mol. The Morgan fingerprint density at radius 2 is 2.05 bits per heavy atom. The summed E-state index contributed by atoms with van der Waals surface area (Å²) in [5.41, 5.74) is 1.54. The second-order valence-corrected chi connectivity index (χ2v) is 4.81. The van der Waals surface area contributed by atoms with Gasteiger partial charge in [0.15, 0.2) is 0 Å². The molecule has 1 aromatic heterocycles. The standard InChI is InChI=1S/C17H20N2O3/c1-2-22-17-14(9-6-10-18-17)12-19-16(21)11-15(20)13-7-4-3-5-8-13/h3-10,15,20H,2,11-12H2,1H3,(H,19,21). The van der Waals surface area contributed by atoms with E-state index in [1.165, 1.54) is 0 Å². The molecule has 116 valence electrons. The number of hydrogen-bond acceptors (Lipinski definition) is 4. The van der Waals surface area contributed by atoms with Crippen molar-refractivity contribution in [3.05, 3.63) is 59.8 Å². The first kappa shape index (κ1) is 16.0. The minimum atomic E-state index is -0.804. The molecule has 0 saturated heterocycles. The molecule has 5 nitrogen and oxygen atoms in total. The molecule has 0 bridgehead atoms. The first-order chi connectivity index (χ1) is 10.7. The summed E-state index contributed by atoms with van der Waals surface area (Å²) in [5.74, 6) is 0.302. The van der Waals surface area contributed by atoms with Crippen LogP contribution in [0.5, 0.6) is 5.88 Å². The van der Waals surface area contributed by atoms with Gasteiger partial charge < -0.3 is 15.2 Å². The van der Waals surface area contributed by atoms with Gasteiger partial charge in [-0.15, -0.1) is 0 Å². The quantitative estimate of drug-likeness (QED) is 0.822. The van der Waals surface area contributed by atoms with Crippen molar-refractivity contribution >= 4 is 5.91 Å². The second-order valence-electron chi connectivity index (χ2n) is 4.81. The molecule has 1 atom stereocenters. The Bertz CT molecular complexity index is 602. The van der Waals surface area contributed by atoms with E-state index in [0.717, 1.165) is 11.1 Å². The largest absolute Gasteiger partial charge is 0.478 e. The van der Waals surface area contributed by atoms with Gasteiger partial charge in [-0.1, -0.05) is 36.4 Å². The molecule has 0 radical (unpaired) electrons. The van der Waals surface area contributed by atoms with E-state index >= 15 is 0 Å². The number of amides is 1. The maximum absolute atomic E-state index is 11.9. The van der Waals surface area contributed by atoms with E-state index in [0.29, 0.717) is 19.0 Å². The molecular weight excluding hydrogens is 280 g/mol. The lowest BCUT2D eigenvalue weighted by Gasteiger charge is -2.12. The summed E-state index contributed by atoms with van der Waals surface area (Å²) in [6, 6.07) is 12.8. The number of aliphatic hydroxyl groups is 1. The normalized spacial score (nSPS) is 11.7. The van der Waals surface area contributed by atoms with Crippen molar-refractivity contribution in [2.24, 2.45) is 0 Å². The number of ether oxygens (including phenoxy) is 1. The topological polar surface area (TPSA) is 71.5 Å². The molecule has 1 amide bonds. The van der Waals surface area contributed by atoms with Crippen molar-refractivity contribution < 1.29 is 14.6 Å². The van der Waals surface area contributed by atoms with Gasteiger partial charge in [0, 0.05) is 18.3 Å². The molecule has 0 aliphatic heterocycles. The van der Waals surface area contributed by atoms with Crippen LogP contribution in [-0.2, 0) is 11.3 Å². The molecule has 0 aliphatic carbocycles. The lowest BCUT2D eigenvalue weighted by atomic mass is 10.1. The molecule has 1 aromatic carbocycles. The zero-order valence-corrected chi connectivity index (χ0v) is 12.5. The fraction of sp³-hybridized carbons (Fsp3) is 0.294. The molecule has 2 aromatic rings. The number of rotatable bonds is 7. The summed E-state index contributed by atoms with van der Waals surface area (Å²) in [6.45, 7) is 2.72. The van der Waals surface area contributed by atoms with Gasteiger partial charge in [-0.3, -0.25) is 4.79 Å².